The molecule has 2 aliphatic heterocycles. The molecule has 7 nitrogen and oxygen atoms in total. The van der Waals surface area contributed by atoms with Crippen LogP contribution >= 0.6 is 11.6 Å². The number of sulfonamides is 1. The Hall–Kier alpha value is -2.04. The smallest absolute Gasteiger partial charge is 0.241 e. The summed E-state index contributed by atoms with van der Waals surface area (Å²) in [6.07, 6.45) is 3.90. The molecule has 0 aromatic heterocycles. The lowest BCUT2D eigenvalue weighted by molar-refractivity contribution is -0.118. The maximum Gasteiger partial charge on any atom is 0.241 e. The van der Waals surface area contributed by atoms with E-state index in [1.54, 1.807) is 28.6 Å². The van der Waals surface area contributed by atoms with Crippen LogP contribution in [0.5, 0.6) is 0 Å². The number of carbonyl (C=O) groups excluding carboxylic acids is 1. The van der Waals surface area contributed by atoms with E-state index in [-0.39, 0.29) is 42.0 Å². The first kappa shape index (κ1) is 29.9. The number of fused-ring (bicyclic) bond motifs is 2. The van der Waals surface area contributed by atoms with Gasteiger partial charge in [-0.1, -0.05) is 56.5 Å². The summed E-state index contributed by atoms with van der Waals surface area (Å²) in [6, 6.07) is 11.1. The third kappa shape index (κ3) is 7.00. The van der Waals surface area contributed by atoms with Gasteiger partial charge in [-0.2, -0.15) is 4.31 Å². The summed E-state index contributed by atoms with van der Waals surface area (Å²) in [4.78, 5) is 13.5. The number of nitrogens with zero attached hydrogens (tertiary/aromatic N) is 1. The molecule has 2 aliphatic rings. The number of hydrogen-bond donors (Lipinski definition) is 3. The van der Waals surface area contributed by atoms with Gasteiger partial charge in [0.1, 0.15) is 5.82 Å². The topological polar surface area (TPSA) is 105 Å². The highest BCUT2D eigenvalue weighted by Gasteiger charge is 2.38. The van der Waals surface area contributed by atoms with Crippen molar-refractivity contribution < 1.29 is 17.6 Å². The van der Waals surface area contributed by atoms with Crippen molar-refractivity contribution in [2.45, 2.75) is 76.4 Å². The van der Waals surface area contributed by atoms with Crippen molar-refractivity contribution in [1.29, 1.82) is 0 Å². The molecule has 0 saturated carbocycles. The number of carbonyl (C=O) groups is 1. The maximum absolute atomic E-state index is 15.1. The van der Waals surface area contributed by atoms with Crippen LogP contribution in [-0.4, -0.2) is 55.6 Å². The summed E-state index contributed by atoms with van der Waals surface area (Å²) in [5.74, 6) is -0.728. The van der Waals surface area contributed by atoms with Gasteiger partial charge in [-0.3, -0.25) is 4.79 Å². The van der Waals surface area contributed by atoms with Crippen LogP contribution in [0.15, 0.2) is 42.5 Å². The molecule has 2 fully saturated rings. The van der Waals surface area contributed by atoms with Crippen LogP contribution in [0.25, 0.3) is 0 Å². The zero-order valence-electron chi connectivity index (χ0n) is 22.7. The van der Waals surface area contributed by atoms with Crippen LogP contribution in [0, 0.1) is 11.7 Å². The third-order valence-corrected chi connectivity index (χ3v) is 10.6. The first-order valence-electron chi connectivity index (χ1n) is 14.0. The average molecular weight is 579 g/mol. The van der Waals surface area contributed by atoms with E-state index in [2.05, 4.69) is 24.5 Å². The Balaban J connectivity index is 1.52. The predicted molar refractivity (Wildman–Crippen MR) is 155 cm³/mol. The summed E-state index contributed by atoms with van der Waals surface area (Å²) < 4.78 is 42.4. The van der Waals surface area contributed by atoms with Crippen LogP contribution in [0.3, 0.4) is 0 Å². The summed E-state index contributed by atoms with van der Waals surface area (Å²) in [6.45, 7) is 5.15. The Morgan fingerprint density at radius 1 is 1.21 bits per heavy atom. The first-order chi connectivity index (χ1) is 18.6. The Morgan fingerprint density at radius 2 is 1.92 bits per heavy atom. The van der Waals surface area contributed by atoms with E-state index in [1.807, 2.05) is 12.1 Å². The Labute approximate surface area is 236 Å². The van der Waals surface area contributed by atoms with Gasteiger partial charge in [0.15, 0.2) is 0 Å². The van der Waals surface area contributed by atoms with Gasteiger partial charge in [0.25, 0.3) is 0 Å². The number of rotatable bonds is 10. The fraction of sp³-hybridized carbons (Fsp3) is 0.552. The van der Waals surface area contributed by atoms with Crippen molar-refractivity contribution in [3.63, 3.8) is 0 Å². The standard InChI is InChI=1S/C29H40ClFN4O3S/c1-3-19(4-2)27(20-10-12-21(30)13-11-20)28(32)29(36)34-26-9-5-8-25(31)24(26)15-14-23-17-33-22-7-6-16-39(37,38)35(23)18-22/h5,8-13,19,22-23,27-28,33H,3-4,6-7,14-18,32H2,1-2H3,(H,34,36)/t22?,23?,27-,28+/m1/s1. The summed E-state index contributed by atoms with van der Waals surface area (Å²) in [7, 11) is -3.34. The van der Waals surface area contributed by atoms with E-state index in [0.717, 1.165) is 24.8 Å². The molecule has 3 unspecified atom stereocenters. The van der Waals surface area contributed by atoms with E-state index >= 15 is 4.39 Å². The van der Waals surface area contributed by atoms with Gasteiger partial charge in [-0.05, 0) is 61.4 Å². The SMILES string of the molecule is CCC(CC)[C@H](c1ccc(Cl)cc1)[C@H](N)C(=O)Nc1cccc(F)c1CCC1CNC2CCCS(=O)(=O)N1C2. The van der Waals surface area contributed by atoms with Gasteiger partial charge in [0, 0.05) is 47.4 Å². The van der Waals surface area contributed by atoms with E-state index in [9.17, 15) is 13.2 Å². The normalized spacial score (nSPS) is 24.1. The molecule has 2 bridgehead atoms. The Kier molecular flexibility index (Phi) is 10.0. The molecule has 2 saturated heterocycles. The molecule has 5 atom stereocenters. The minimum atomic E-state index is -3.34. The lowest BCUT2D eigenvalue weighted by Crippen LogP contribution is -2.57. The highest BCUT2D eigenvalue weighted by Crippen LogP contribution is 2.34. The number of anilines is 1. The molecule has 4 rings (SSSR count). The van der Waals surface area contributed by atoms with Crippen LogP contribution < -0.4 is 16.4 Å². The van der Waals surface area contributed by atoms with Crippen LogP contribution in [0.2, 0.25) is 5.02 Å². The van der Waals surface area contributed by atoms with Gasteiger partial charge in [-0.25, -0.2) is 12.8 Å². The first-order valence-corrected chi connectivity index (χ1v) is 16.0. The second-order valence-corrected chi connectivity index (χ2v) is 13.2. The van der Waals surface area contributed by atoms with Crippen LogP contribution in [-0.2, 0) is 21.2 Å². The van der Waals surface area contributed by atoms with Gasteiger partial charge >= 0.3 is 0 Å². The van der Waals surface area contributed by atoms with Crippen molar-refractivity contribution in [3.05, 3.63) is 64.4 Å². The number of piperazine rings is 1. The average Bonchev–Trinajstić information content (AvgIpc) is 3.03. The van der Waals surface area contributed by atoms with Crippen molar-refractivity contribution in [2.24, 2.45) is 11.7 Å². The highest BCUT2D eigenvalue weighted by atomic mass is 35.5. The molecule has 0 aliphatic carbocycles. The molecule has 4 N–H and O–H groups in total. The molecular formula is C29H40ClFN4O3S. The molecule has 39 heavy (non-hydrogen) atoms. The number of amides is 1. The predicted octanol–water partition coefficient (Wildman–Crippen LogP) is 4.66. The third-order valence-electron chi connectivity index (χ3n) is 8.37. The highest BCUT2D eigenvalue weighted by molar-refractivity contribution is 7.89. The van der Waals surface area contributed by atoms with E-state index < -0.39 is 21.9 Å². The molecule has 2 heterocycles. The molecular weight excluding hydrogens is 539 g/mol. The molecule has 0 spiro atoms. The summed E-state index contributed by atoms with van der Waals surface area (Å²) >= 11 is 6.10. The second kappa shape index (κ2) is 13.1. The number of benzene rings is 2. The van der Waals surface area contributed by atoms with E-state index in [0.29, 0.717) is 42.2 Å². The van der Waals surface area contributed by atoms with Crippen molar-refractivity contribution in [2.75, 3.05) is 24.2 Å². The maximum atomic E-state index is 15.1. The van der Waals surface area contributed by atoms with E-state index in [4.69, 9.17) is 17.3 Å². The molecule has 1 amide bonds. The number of hydrogen-bond acceptors (Lipinski definition) is 5. The largest absolute Gasteiger partial charge is 0.324 e. The number of nitrogens with one attached hydrogen (secondary N) is 2. The zero-order chi connectivity index (χ0) is 28.2. The fourth-order valence-corrected chi connectivity index (χ4v) is 8.05. The zero-order valence-corrected chi connectivity index (χ0v) is 24.3. The van der Waals surface area contributed by atoms with E-state index in [1.165, 1.54) is 6.07 Å². The minimum absolute atomic E-state index is 0.145. The van der Waals surface area contributed by atoms with Gasteiger partial charge < -0.3 is 16.4 Å². The molecule has 2 aromatic rings. The fourth-order valence-electron chi connectivity index (χ4n) is 6.12. The summed E-state index contributed by atoms with van der Waals surface area (Å²) in [5.41, 5.74) is 8.26. The molecule has 0 radical (unpaired) electrons. The molecule has 214 valence electrons. The Bertz CT molecular complexity index is 1240. The van der Waals surface area contributed by atoms with Crippen molar-refractivity contribution in [1.82, 2.24) is 9.62 Å². The molecule has 10 heteroatoms. The lowest BCUT2D eigenvalue weighted by atomic mass is 9.77. The minimum Gasteiger partial charge on any atom is -0.324 e. The number of nitrogens with two attached hydrogens (primary N) is 1. The van der Waals surface area contributed by atoms with Crippen molar-refractivity contribution >= 4 is 33.2 Å². The van der Waals surface area contributed by atoms with Crippen LogP contribution in [0.4, 0.5) is 10.1 Å². The van der Waals surface area contributed by atoms with Gasteiger partial charge in [0.2, 0.25) is 15.9 Å². The molecule has 2 aromatic carbocycles. The van der Waals surface area contributed by atoms with Gasteiger partial charge in [-0.15, -0.1) is 0 Å². The number of halogens is 2. The second-order valence-electron chi connectivity index (χ2n) is 10.8. The Morgan fingerprint density at radius 3 is 2.62 bits per heavy atom. The van der Waals surface area contributed by atoms with Crippen LogP contribution in [0.1, 0.15) is 63.0 Å². The van der Waals surface area contributed by atoms with Crippen molar-refractivity contribution in [3.8, 4) is 0 Å². The van der Waals surface area contributed by atoms with Gasteiger partial charge in [0.05, 0.1) is 11.8 Å². The quantitative estimate of drug-likeness (QED) is 0.380. The lowest BCUT2D eigenvalue weighted by Gasteiger charge is -2.37. The summed E-state index contributed by atoms with van der Waals surface area (Å²) in [5, 5.41) is 6.96. The monoisotopic (exact) mass is 578 g/mol.